The van der Waals surface area contributed by atoms with Gasteiger partial charge in [0, 0.05) is 15.9 Å². The molecular formula is C12H10BrNO3. The molecule has 88 valence electrons. The number of carboxylic acids is 1. The summed E-state index contributed by atoms with van der Waals surface area (Å²) in [6, 6.07) is 7.21. The van der Waals surface area contributed by atoms with Crippen LogP contribution in [0.2, 0.25) is 0 Å². The van der Waals surface area contributed by atoms with Gasteiger partial charge in [-0.25, -0.2) is 4.79 Å². The summed E-state index contributed by atoms with van der Waals surface area (Å²) in [5, 5.41) is 8.97. The minimum Gasteiger partial charge on any atom is -0.478 e. The van der Waals surface area contributed by atoms with Crippen molar-refractivity contribution in [2.45, 2.75) is 13.3 Å². The van der Waals surface area contributed by atoms with Crippen molar-refractivity contribution < 1.29 is 14.7 Å². The molecule has 0 aliphatic carbocycles. The number of amides is 1. The molecule has 0 spiro atoms. The summed E-state index contributed by atoms with van der Waals surface area (Å²) in [5.41, 5.74) is 1.33. The van der Waals surface area contributed by atoms with Crippen molar-refractivity contribution in [2.24, 2.45) is 0 Å². The number of carbonyl (C=O) groups is 2. The largest absolute Gasteiger partial charge is 0.478 e. The van der Waals surface area contributed by atoms with E-state index < -0.39 is 5.97 Å². The number of allylic oxidation sites excluding steroid dienone is 1. The fourth-order valence-corrected chi connectivity index (χ4v) is 2.25. The minimum absolute atomic E-state index is 0.0479. The molecule has 0 atom stereocenters. The van der Waals surface area contributed by atoms with Gasteiger partial charge in [0.05, 0.1) is 12.0 Å². The lowest BCUT2D eigenvalue weighted by Gasteiger charge is -2.18. The van der Waals surface area contributed by atoms with Crippen LogP contribution < -0.4 is 4.90 Å². The van der Waals surface area contributed by atoms with Crippen molar-refractivity contribution in [3.05, 3.63) is 40.0 Å². The van der Waals surface area contributed by atoms with Crippen molar-refractivity contribution in [1.82, 2.24) is 0 Å². The third kappa shape index (κ3) is 2.10. The maximum Gasteiger partial charge on any atom is 0.333 e. The molecule has 0 fully saturated rings. The molecule has 5 heteroatoms. The van der Waals surface area contributed by atoms with Crippen molar-refractivity contribution in [3.8, 4) is 0 Å². The standard InChI is InChI=1S/C12H10BrNO3/c1-7-10(12(16)17)6-11(15)14(7)9-4-2-3-8(13)5-9/h2-5H,6H2,1H3,(H,16,17). The highest BCUT2D eigenvalue weighted by atomic mass is 79.9. The van der Waals surface area contributed by atoms with E-state index in [4.69, 9.17) is 5.11 Å². The van der Waals surface area contributed by atoms with E-state index >= 15 is 0 Å². The average molecular weight is 296 g/mol. The van der Waals surface area contributed by atoms with Crippen molar-refractivity contribution in [2.75, 3.05) is 4.90 Å². The molecule has 1 aliphatic rings. The first-order valence-corrected chi connectivity index (χ1v) is 5.81. The quantitative estimate of drug-likeness (QED) is 0.912. The number of nitrogens with zero attached hydrogens (tertiary/aromatic N) is 1. The molecular weight excluding hydrogens is 286 g/mol. The van der Waals surface area contributed by atoms with Crippen LogP contribution in [0.1, 0.15) is 13.3 Å². The van der Waals surface area contributed by atoms with Crippen LogP contribution in [-0.2, 0) is 9.59 Å². The van der Waals surface area contributed by atoms with Crippen LogP contribution in [0.25, 0.3) is 0 Å². The highest BCUT2D eigenvalue weighted by Crippen LogP contribution is 2.31. The lowest BCUT2D eigenvalue weighted by molar-refractivity contribution is -0.133. The maximum atomic E-state index is 11.8. The Morgan fingerprint density at radius 3 is 2.71 bits per heavy atom. The number of halogens is 1. The Morgan fingerprint density at radius 1 is 1.47 bits per heavy atom. The van der Waals surface area contributed by atoms with E-state index in [2.05, 4.69) is 15.9 Å². The lowest BCUT2D eigenvalue weighted by Crippen LogP contribution is -2.23. The summed E-state index contributed by atoms with van der Waals surface area (Å²) in [6.45, 7) is 1.65. The van der Waals surface area contributed by atoms with Crippen LogP contribution in [0, 0.1) is 0 Å². The van der Waals surface area contributed by atoms with Crippen LogP contribution in [0.5, 0.6) is 0 Å². The summed E-state index contributed by atoms with van der Waals surface area (Å²) in [5.74, 6) is -1.24. The Balaban J connectivity index is 2.46. The van der Waals surface area contributed by atoms with Gasteiger partial charge < -0.3 is 5.11 Å². The first kappa shape index (κ1) is 11.9. The molecule has 1 N–H and O–H groups in total. The molecule has 1 heterocycles. The molecule has 1 aromatic carbocycles. The number of carboxylic acid groups (broad SMARTS) is 1. The van der Waals surface area contributed by atoms with Gasteiger partial charge in [-0.3, -0.25) is 9.69 Å². The van der Waals surface area contributed by atoms with Gasteiger partial charge in [0.1, 0.15) is 0 Å². The van der Waals surface area contributed by atoms with Gasteiger partial charge >= 0.3 is 5.97 Å². The monoisotopic (exact) mass is 295 g/mol. The van der Waals surface area contributed by atoms with E-state index in [1.54, 1.807) is 25.1 Å². The molecule has 0 saturated carbocycles. The molecule has 0 saturated heterocycles. The van der Waals surface area contributed by atoms with Crippen molar-refractivity contribution in [3.63, 3.8) is 0 Å². The first-order valence-electron chi connectivity index (χ1n) is 5.02. The third-order valence-corrected chi connectivity index (χ3v) is 3.17. The second kappa shape index (κ2) is 4.33. The zero-order valence-corrected chi connectivity index (χ0v) is 10.7. The van der Waals surface area contributed by atoms with E-state index in [0.29, 0.717) is 11.4 Å². The number of anilines is 1. The van der Waals surface area contributed by atoms with Gasteiger partial charge in [-0.05, 0) is 25.1 Å². The molecule has 4 nitrogen and oxygen atoms in total. The highest BCUT2D eigenvalue weighted by molar-refractivity contribution is 9.10. The van der Waals surface area contributed by atoms with Crippen LogP contribution in [0.3, 0.4) is 0 Å². The van der Waals surface area contributed by atoms with Crippen molar-refractivity contribution >= 4 is 33.5 Å². The van der Waals surface area contributed by atoms with Gasteiger partial charge in [-0.1, -0.05) is 22.0 Å². The second-order valence-corrected chi connectivity index (χ2v) is 4.67. The van der Waals surface area contributed by atoms with E-state index in [-0.39, 0.29) is 17.9 Å². The van der Waals surface area contributed by atoms with Crippen LogP contribution in [0.4, 0.5) is 5.69 Å². The Labute approximate surface area is 107 Å². The average Bonchev–Trinajstić information content (AvgIpc) is 2.54. The maximum absolute atomic E-state index is 11.8. The van der Waals surface area contributed by atoms with E-state index in [1.807, 2.05) is 6.07 Å². The predicted molar refractivity (Wildman–Crippen MR) is 66.6 cm³/mol. The number of carbonyl (C=O) groups excluding carboxylic acids is 1. The number of rotatable bonds is 2. The molecule has 2 rings (SSSR count). The third-order valence-electron chi connectivity index (χ3n) is 2.67. The molecule has 1 amide bonds. The van der Waals surface area contributed by atoms with Crippen molar-refractivity contribution in [1.29, 1.82) is 0 Å². The van der Waals surface area contributed by atoms with Gasteiger partial charge in [-0.2, -0.15) is 0 Å². The van der Waals surface area contributed by atoms with Crippen LogP contribution in [0.15, 0.2) is 40.0 Å². The van der Waals surface area contributed by atoms with Gasteiger partial charge in [0.15, 0.2) is 0 Å². The fourth-order valence-electron chi connectivity index (χ4n) is 1.86. The highest BCUT2D eigenvalue weighted by Gasteiger charge is 2.31. The summed E-state index contributed by atoms with van der Waals surface area (Å²) < 4.78 is 0.847. The number of aliphatic carboxylic acids is 1. The van der Waals surface area contributed by atoms with Gasteiger partial charge in [0.2, 0.25) is 5.91 Å². The van der Waals surface area contributed by atoms with Crippen LogP contribution >= 0.6 is 15.9 Å². The Bertz CT molecular complexity index is 536. The zero-order chi connectivity index (χ0) is 12.6. The topological polar surface area (TPSA) is 57.6 Å². The normalized spacial score (nSPS) is 15.6. The molecule has 1 aliphatic heterocycles. The van der Waals surface area contributed by atoms with Gasteiger partial charge in [-0.15, -0.1) is 0 Å². The molecule has 17 heavy (non-hydrogen) atoms. The molecule has 0 bridgehead atoms. The summed E-state index contributed by atoms with van der Waals surface area (Å²) >= 11 is 3.32. The summed E-state index contributed by atoms with van der Waals surface area (Å²) in [4.78, 5) is 24.2. The Hall–Kier alpha value is -1.62. The Kier molecular flexibility index (Phi) is 3.02. The molecule has 1 aromatic rings. The van der Waals surface area contributed by atoms with Crippen LogP contribution in [-0.4, -0.2) is 17.0 Å². The SMILES string of the molecule is CC1=C(C(=O)O)CC(=O)N1c1cccc(Br)c1. The number of hydrogen-bond acceptors (Lipinski definition) is 2. The van der Waals surface area contributed by atoms with E-state index in [0.717, 1.165) is 4.47 Å². The number of hydrogen-bond donors (Lipinski definition) is 1. The van der Waals surface area contributed by atoms with E-state index in [1.165, 1.54) is 4.90 Å². The Morgan fingerprint density at radius 2 is 2.18 bits per heavy atom. The zero-order valence-electron chi connectivity index (χ0n) is 9.11. The molecule has 0 unspecified atom stereocenters. The predicted octanol–water partition coefficient (Wildman–Crippen LogP) is 2.54. The lowest BCUT2D eigenvalue weighted by atomic mass is 10.2. The minimum atomic E-state index is -1.03. The summed E-state index contributed by atoms with van der Waals surface area (Å²) in [6.07, 6.45) is -0.0479. The second-order valence-electron chi connectivity index (χ2n) is 3.75. The van der Waals surface area contributed by atoms with Gasteiger partial charge in [0.25, 0.3) is 0 Å². The smallest absolute Gasteiger partial charge is 0.333 e. The number of benzene rings is 1. The first-order chi connectivity index (χ1) is 8.00. The fraction of sp³-hybridized carbons (Fsp3) is 0.167. The molecule has 0 radical (unpaired) electrons. The summed E-state index contributed by atoms with van der Waals surface area (Å²) in [7, 11) is 0. The van der Waals surface area contributed by atoms with E-state index in [9.17, 15) is 9.59 Å². The molecule has 0 aromatic heterocycles.